The summed E-state index contributed by atoms with van der Waals surface area (Å²) < 4.78 is 27.0. The van der Waals surface area contributed by atoms with Crippen molar-refractivity contribution in [3.8, 4) is 0 Å². The lowest BCUT2D eigenvalue weighted by Crippen LogP contribution is -2.43. The van der Waals surface area contributed by atoms with E-state index < -0.39 is 57.6 Å². The molecule has 0 bridgehead atoms. The molecule has 4 N–H and O–H groups in total. The molecule has 0 aliphatic heterocycles. The molecule has 404 valence electrons. The van der Waals surface area contributed by atoms with Gasteiger partial charge in [-0.05, 0) is 12.8 Å². The number of unbranched alkanes of at least 4 members (excludes halogenated alkanes) is 42. The van der Waals surface area contributed by atoms with E-state index in [1.54, 1.807) is 0 Å². The maximum absolute atomic E-state index is 12.4. The highest BCUT2D eigenvalue weighted by atomic mass is 31.2. The number of nitrogens with one attached hydrogen (secondary N) is 1. The van der Waals surface area contributed by atoms with Crippen molar-refractivity contribution in [1.29, 1.82) is 0 Å². The van der Waals surface area contributed by atoms with Crippen LogP contribution in [0.15, 0.2) is 0 Å². The molecule has 0 saturated carbocycles. The van der Waals surface area contributed by atoms with E-state index in [0.29, 0.717) is 12.8 Å². The minimum atomic E-state index is -4.76. The van der Waals surface area contributed by atoms with Gasteiger partial charge in [0.2, 0.25) is 5.91 Å². The summed E-state index contributed by atoms with van der Waals surface area (Å²) in [6.07, 6.45) is 55.6. The van der Waals surface area contributed by atoms with E-state index in [1.807, 2.05) is 0 Å². The first-order chi connectivity index (χ1) is 33.1. The summed E-state index contributed by atoms with van der Waals surface area (Å²) in [4.78, 5) is 46.3. The van der Waals surface area contributed by atoms with Crippen LogP contribution in [-0.4, -0.2) is 64.9 Å². The Labute approximate surface area is 418 Å². The number of ether oxygens (including phenoxy) is 1. The number of phosphoric acid groups is 1. The number of rotatable bonds is 56. The second kappa shape index (κ2) is 51.8. The van der Waals surface area contributed by atoms with Gasteiger partial charge in [0.15, 0.2) is 6.04 Å². The van der Waals surface area contributed by atoms with Gasteiger partial charge in [-0.2, -0.15) is 0 Å². The summed E-state index contributed by atoms with van der Waals surface area (Å²) in [6, 6.07) is -1.54. The van der Waals surface area contributed by atoms with Gasteiger partial charge in [-0.1, -0.05) is 284 Å². The molecule has 3 unspecified atom stereocenters. The van der Waals surface area contributed by atoms with Crippen molar-refractivity contribution in [2.75, 3.05) is 19.8 Å². The summed E-state index contributed by atoms with van der Waals surface area (Å²) in [5.74, 6) is -2.34. The lowest BCUT2D eigenvalue weighted by atomic mass is 10.0. The van der Waals surface area contributed by atoms with Gasteiger partial charge >= 0.3 is 19.8 Å². The van der Waals surface area contributed by atoms with Crippen molar-refractivity contribution in [3.05, 3.63) is 0 Å². The molecule has 0 aliphatic carbocycles. The minimum absolute atomic E-state index is 0.154. The monoisotopic (exact) mass is 988 g/mol. The summed E-state index contributed by atoms with van der Waals surface area (Å²) in [6.45, 7) is 2.68. The number of esters is 1. The summed E-state index contributed by atoms with van der Waals surface area (Å²) in [7, 11) is -4.76. The molecule has 0 rings (SSSR count). The van der Waals surface area contributed by atoms with Gasteiger partial charge in [0, 0.05) is 12.8 Å². The average Bonchev–Trinajstić information content (AvgIpc) is 3.32. The first-order valence-corrected chi connectivity index (χ1v) is 30.6. The van der Waals surface area contributed by atoms with Crippen LogP contribution < -0.4 is 5.32 Å². The highest BCUT2D eigenvalue weighted by molar-refractivity contribution is 7.47. The summed E-state index contributed by atoms with van der Waals surface area (Å²) >= 11 is 0. The number of aliphatic carboxylic acids is 1. The van der Waals surface area contributed by atoms with Crippen LogP contribution in [0.5, 0.6) is 0 Å². The van der Waals surface area contributed by atoms with Crippen LogP contribution in [0.1, 0.15) is 309 Å². The molecular weight excluding hydrogens is 878 g/mol. The number of carbonyl (C=O) groups is 3. The van der Waals surface area contributed by atoms with Crippen LogP contribution in [0.25, 0.3) is 0 Å². The maximum Gasteiger partial charge on any atom is 0.472 e. The summed E-state index contributed by atoms with van der Waals surface area (Å²) in [5, 5.41) is 22.0. The van der Waals surface area contributed by atoms with Crippen LogP contribution in [0.3, 0.4) is 0 Å². The van der Waals surface area contributed by atoms with Gasteiger partial charge in [0.1, 0.15) is 12.7 Å². The van der Waals surface area contributed by atoms with E-state index in [4.69, 9.17) is 13.8 Å². The molecule has 3 atom stereocenters. The van der Waals surface area contributed by atoms with E-state index >= 15 is 0 Å². The average molecular weight is 988 g/mol. The van der Waals surface area contributed by atoms with Crippen LogP contribution in [0, 0.1) is 0 Å². The van der Waals surface area contributed by atoms with Crippen molar-refractivity contribution < 1.29 is 47.8 Å². The van der Waals surface area contributed by atoms with Crippen molar-refractivity contribution in [3.63, 3.8) is 0 Å². The second-order valence-electron chi connectivity index (χ2n) is 20.2. The highest BCUT2D eigenvalue weighted by Crippen LogP contribution is 2.43. The Kier molecular flexibility index (Phi) is 50.7. The van der Waals surface area contributed by atoms with Crippen molar-refractivity contribution in [1.82, 2.24) is 5.32 Å². The number of phosphoric ester groups is 1. The van der Waals surface area contributed by atoms with Gasteiger partial charge in [-0.3, -0.25) is 18.6 Å². The van der Waals surface area contributed by atoms with Gasteiger partial charge in [-0.15, -0.1) is 0 Å². The number of hydrogen-bond acceptors (Lipinski definition) is 8. The predicted molar refractivity (Wildman–Crippen MR) is 282 cm³/mol. The second-order valence-corrected chi connectivity index (χ2v) is 21.7. The van der Waals surface area contributed by atoms with Crippen molar-refractivity contribution >= 4 is 25.7 Å². The Morgan fingerprint density at radius 3 is 0.971 bits per heavy atom. The Balaban J connectivity index is 3.72. The fourth-order valence-corrected chi connectivity index (χ4v) is 9.68. The first-order valence-electron chi connectivity index (χ1n) is 29.1. The third kappa shape index (κ3) is 50.9. The zero-order valence-corrected chi connectivity index (χ0v) is 45.3. The number of carboxylic acid groups (broad SMARTS) is 1. The zero-order valence-electron chi connectivity index (χ0n) is 44.4. The molecular formula is C56H110NO10P. The Bertz CT molecular complexity index is 1160. The van der Waals surface area contributed by atoms with Crippen LogP contribution in [-0.2, 0) is 32.7 Å². The van der Waals surface area contributed by atoms with Crippen molar-refractivity contribution in [2.24, 2.45) is 0 Å². The van der Waals surface area contributed by atoms with Crippen LogP contribution in [0.4, 0.5) is 0 Å². The third-order valence-electron chi connectivity index (χ3n) is 13.4. The van der Waals surface area contributed by atoms with Gasteiger partial charge < -0.3 is 25.2 Å². The Morgan fingerprint density at radius 2 is 0.676 bits per heavy atom. The minimum Gasteiger partial charge on any atom is -0.480 e. The SMILES string of the molecule is CCCCCCCCCCCCCCCCCCCCCCCCC(=O)NC(COP(=O)(O)OCC(O)COC(=O)CCCCCCCCCCCCCCCCCCCCCCCC)C(=O)O. The number of carboxylic acids is 1. The normalized spacial score (nSPS) is 13.4. The molecule has 1 amide bonds. The molecule has 0 aromatic rings. The maximum atomic E-state index is 12.4. The summed E-state index contributed by atoms with van der Waals surface area (Å²) in [5.41, 5.74) is 0. The lowest BCUT2D eigenvalue weighted by molar-refractivity contribution is -0.147. The Morgan fingerprint density at radius 1 is 0.412 bits per heavy atom. The molecule has 0 aliphatic rings. The number of hydrogen-bond donors (Lipinski definition) is 4. The van der Waals surface area contributed by atoms with Gasteiger partial charge in [0.25, 0.3) is 0 Å². The predicted octanol–water partition coefficient (Wildman–Crippen LogP) is 16.6. The molecule has 11 nitrogen and oxygen atoms in total. The number of aliphatic hydroxyl groups excluding tert-OH is 1. The van der Waals surface area contributed by atoms with Crippen molar-refractivity contribution in [2.45, 2.75) is 321 Å². The molecule has 12 heteroatoms. The molecule has 68 heavy (non-hydrogen) atoms. The van der Waals surface area contributed by atoms with Gasteiger partial charge in [0.05, 0.1) is 13.2 Å². The molecule has 0 fully saturated rings. The molecule has 0 aromatic carbocycles. The van der Waals surface area contributed by atoms with E-state index in [2.05, 4.69) is 19.2 Å². The van der Waals surface area contributed by atoms with Gasteiger partial charge in [-0.25, -0.2) is 9.36 Å². The van der Waals surface area contributed by atoms with E-state index in [9.17, 15) is 34.1 Å². The lowest BCUT2D eigenvalue weighted by Gasteiger charge is -2.18. The molecule has 0 aromatic heterocycles. The third-order valence-corrected chi connectivity index (χ3v) is 14.3. The number of amides is 1. The van der Waals surface area contributed by atoms with E-state index in [0.717, 1.165) is 38.5 Å². The molecule has 0 heterocycles. The zero-order chi connectivity index (χ0) is 49.9. The molecule has 0 saturated heterocycles. The molecule has 0 radical (unpaired) electrons. The highest BCUT2D eigenvalue weighted by Gasteiger charge is 2.28. The largest absolute Gasteiger partial charge is 0.480 e. The van der Waals surface area contributed by atoms with E-state index in [-0.39, 0.29) is 12.8 Å². The van der Waals surface area contributed by atoms with Crippen LogP contribution in [0.2, 0.25) is 0 Å². The molecule has 0 spiro atoms. The fourth-order valence-electron chi connectivity index (χ4n) is 8.91. The fraction of sp³-hybridized carbons (Fsp3) is 0.946. The topological polar surface area (TPSA) is 169 Å². The number of aliphatic hydroxyl groups is 1. The quantitative estimate of drug-likeness (QED) is 0.0261. The van der Waals surface area contributed by atoms with E-state index in [1.165, 1.54) is 231 Å². The van der Waals surface area contributed by atoms with Crippen LogP contribution >= 0.6 is 7.82 Å². The number of carbonyl (C=O) groups excluding carboxylic acids is 2. The first kappa shape index (κ1) is 66.5. The smallest absolute Gasteiger partial charge is 0.472 e. The Hall–Kier alpha value is -1.52. The standard InChI is InChI=1S/C56H110NO10P/c1-3-5-7-9-11-13-15-17-19-21-23-25-27-29-31-33-35-37-39-41-43-45-47-54(59)57-53(56(61)62)51-67-68(63,64)66-50-52(58)49-65-55(60)48-46-44-42-40-38-36-34-32-30-28-26-24-22-20-18-16-14-12-10-8-6-4-2/h52-53,58H,3-51H2,1-2H3,(H,57,59)(H,61,62)(H,63,64).